The number of para-hydroxylation sites is 1. The van der Waals surface area contributed by atoms with Crippen LogP contribution in [-0.4, -0.2) is 19.6 Å². The highest BCUT2D eigenvalue weighted by Crippen LogP contribution is 2.31. The number of hydrogen-bond acceptors (Lipinski definition) is 4. The molecular formula is C11H14N2O2. The van der Waals surface area contributed by atoms with E-state index in [2.05, 4.69) is 5.32 Å². The molecule has 1 aromatic rings. The van der Waals surface area contributed by atoms with E-state index in [0.29, 0.717) is 6.54 Å². The maximum absolute atomic E-state index is 11.4. The minimum absolute atomic E-state index is 0.260. The largest absolute Gasteiger partial charge is 0.469 e. The van der Waals surface area contributed by atoms with Gasteiger partial charge in [-0.25, -0.2) is 0 Å². The van der Waals surface area contributed by atoms with Crippen molar-refractivity contribution in [2.45, 2.75) is 6.04 Å². The first-order valence-corrected chi connectivity index (χ1v) is 4.90. The standard InChI is InChI=1S/C11H14N2O2/c1-15-11(14)8-6-13-9-5-3-2-4-7(9)10(8)12/h2-5,8,10,13H,6,12H2,1H3. The zero-order valence-corrected chi connectivity index (χ0v) is 8.57. The highest BCUT2D eigenvalue weighted by molar-refractivity contribution is 5.76. The predicted octanol–water partition coefficient (Wildman–Crippen LogP) is 0.901. The molecule has 0 saturated carbocycles. The molecule has 2 unspecified atom stereocenters. The highest BCUT2D eigenvalue weighted by Gasteiger charge is 2.32. The molecule has 1 aromatic carbocycles. The van der Waals surface area contributed by atoms with Gasteiger partial charge in [0.2, 0.25) is 0 Å². The second kappa shape index (κ2) is 3.90. The number of nitrogens with one attached hydrogen (secondary N) is 1. The SMILES string of the molecule is COC(=O)C1CNc2ccccc2C1N. The summed E-state index contributed by atoms with van der Waals surface area (Å²) in [4.78, 5) is 11.4. The van der Waals surface area contributed by atoms with Crippen LogP contribution >= 0.6 is 0 Å². The van der Waals surface area contributed by atoms with Crippen LogP contribution in [0.15, 0.2) is 24.3 Å². The lowest BCUT2D eigenvalue weighted by molar-refractivity contribution is -0.145. The molecule has 0 fully saturated rings. The Morgan fingerprint density at radius 3 is 3.00 bits per heavy atom. The van der Waals surface area contributed by atoms with E-state index in [4.69, 9.17) is 10.5 Å². The number of ether oxygens (including phenoxy) is 1. The van der Waals surface area contributed by atoms with E-state index in [-0.39, 0.29) is 17.9 Å². The zero-order chi connectivity index (χ0) is 10.8. The fourth-order valence-electron chi connectivity index (χ4n) is 1.89. The van der Waals surface area contributed by atoms with Crippen LogP contribution in [0.1, 0.15) is 11.6 Å². The van der Waals surface area contributed by atoms with Crippen LogP contribution < -0.4 is 11.1 Å². The van der Waals surface area contributed by atoms with Gasteiger partial charge in [0.15, 0.2) is 0 Å². The fraction of sp³-hybridized carbons (Fsp3) is 0.364. The number of carbonyl (C=O) groups excluding carboxylic acids is 1. The number of nitrogens with two attached hydrogens (primary N) is 1. The Labute approximate surface area is 88.4 Å². The lowest BCUT2D eigenvalue weighted by Gasteiger charge is -2.30. The maximum atomic E-state index is 11.4. The molecule has 4 heteroatoms. The monoisotopic (exact) mass is 206 g/mol. The van der Waals surface area contributed by atoms with Crippen LogP contribution in [0.4, 0.5) is 5.69 Å². The molecule has 0 bridgehead atoms. The van der Waals surface area contributed by atoms with Gasteiger partial charge in [-0.2, -0.15) is 0 Å². The molecule has 0 amide bonds. The summed E-state index contributed by atoms with van der Waals surface area (Å²) in [6.45, 7) is 0.533. The zero-order valence-electron chi connectivity index (χ0n) is 8.57. The van der Waals surface area contributed by atoms with Gasteiger partial charge in [0.1, 0.15) is 0 Å². The van der Waals surface area contributed by atoms with E-state index >= 15 is 0 Å². The van der Waals surface area contributed by atoms with Crippen molar-refractivity contribution in [2.75, 3.05) is 19.0 Å². The third-order valence-electron chi connectivity index (χ3n) is 2.77. The van der Waals surface area contributed by atoms with E-state index < -0.39 is 0 Å². The molecule has 1 heterocycles. The van der Waals surface area contributed by atoms with Crippen molar-refractivity contribution in [1.82, 2.24) is 0 Å². The first-order valence-electron chi connectivity index (χ1n) is 4.90. The van der Waals surface area contributed by atoms with Crippen molar-refractivity contribution >= 4 is 11.7 Å². The Kier molecular flexibility index (Phi) is 2.60. The van der Waals surface area contributed by atoms with Gasteiger partial charge in [0.25, 0.3) is 0 Å². The molecule has 0 aliphatic carbocycles. The number of anilines is 1. The smallest absolute Gasteiger partial charge is 0.312 e. The van der Waals surface area contributed by atoms with Crippen molar-refractivity contribution < 1.29 is 9.53 Å². The normalized spacial score (nSPS) is 23.9. The minimum atomic E-state index is -0.301. The predicted molar refractivity (Wildman–Crippen MR) is 57.4 cm³/mol. The number of carbonyl (C=O) groups is 1. The van der Waals surface area contributed by atoms with Crippen molar-refractivity contribution in [1.29, 1.82) is 0 Å². The number of benzene rings is 1. The Hall–Kier alpha value is -1.55. The number of rotatable bonds is 1. The second-order valence-electron chi connectivity index (χ2n) is 3.62. The molecule has 15 heavy (non-hydrogen) atoms. The molecule has 2 rings (SSSR count). The maximum Gasteiger partial charge on any atom is 0.312 e. The van der Waals surface area contributed by atoms with Crippen LogP contribution in [0.3, 0.4) is 0 Å². The summed E-state index contributed by atoms with van der Waals surface area (Å²) in [5, 5.41) is 3.18. The molecular weight excluding hydrogens is 192 g/mol. The first-order chi connectivity index (χ1) is 7.24. The summed E-state index contributed by atoms with van der Waals surface area (Å²) in [6.07, 6.45) is 0. The van der Waals surface area contributed by atoms with Gasteiger partial charge in [-0.15, -0.1) is 0 Å². The van der Waals surface area contributed by atoms with Crippen LogP contribution in [0, 0.1) is 5.92 Å². The third kappa shape index (κ3) is 1.68. The van der Waals surface area contributed by atoms with Crippen LogP contribution in [0.5, 0.6) is 0 Å². The number of fused-ring (bicyclic) bond motifs is 1. The molecule has 1 aliphatic rings. The second-order valence-corrected chi connectivity index (χ2v) is 3.62. The van der Waals surface area contributed by atoms with Crippen LogP contribution in [0.25, 0.3) is 0 Å². The molecule has 0 radical (unpaired) electrons. The van der Waals surface area contributed by atoms with Gasteiger partial charge in [-0.05, 0) is 11.6 Å². The van der Waals surface area contributed by atoms with Gasteiger partial charge < -0.3 is 15.8 Å². The van der Waals surface area contributed by atoms with Crippen molar-refractivity contribution in [3.63, 3.8) is 0 Å². The Balaban J connectivity index is 2.29. The molecule has 0 saturated heterocycles. The lowest BCUT2D eigenvalue weighted by atomic mass is 9.89. The molecule has 2 atom stereocenters. The van der Waals surface area contributed by atoms with E-state index in [1.54, 1.807) is 0 Å². The number of methoxy groups -OCH3 is 1. The van der Waals surface area contributed by atoms with Crippen molar-refractivity contribution in [3.8, 4) is 0 Å². The van der Waals surface area contributed by atoms with Crippen LogP contribution in [-0.2, 0) is 9.53 Å². The average molecular weight is 206 g/mol. The van der Waals surface area contributed by atoms with Gasteiger partial charge in [0.05, 0.1) is 13.0 Å². The molecule has 4 nitrogen and oxygen atoms in total. The topological polar surface area (TPSA) is 64.3 Å². The summed E-state index contributed by atoms with van der Waals surface area (Å²) in [5.74, 6) is -0.561. The van der Waals surface area contributed by atoms with Gasteiger partial charge in [0, 0.05) is 18.3 Å². The summed E-state index contributed by atoms with van der Waals surface area (Å²) < 4.78 is 4.72. The Bertz CT molecular complexity index is 379. The summed E-state index contributed by atoms with van der Waals surface area (Å²) >= 11 is 0. The summed E-state index contributed by atoms with van der Waals surface area (Å²) in [7, 11) is 1.38. The first kappa shape index (κ1) is 9.98. The number of esters is 1. The molecule has 1 aliphatic heterocycles. The average Bonchev–Trinajstić information content (AvgIpc) is 2.29. The van der Waals surface area contributed by atoms with Gasteiger partial charge in [-0.1, -0.05) is 18.2 Å². The quantitative estimate of drug-likeness (QED) is 0.670. The molecule has 3 N–H and O–H groups in total. The van der Waals surface area contributed by atoms with Gasteiger partial charge in [-0.3, -0.25) is 4.79 Å². The molecule has 0 aromatic heterocycles. The Morgan fingerprint density at radius 1 is 1.53 bits per heavy atom. The summed E-state index contributed by atoms with van der Waals surface area (Å²) in [6, 6.07) is 7.47. The van der Waals surface area contributed by atoms with E-state index in [1.807, 2.05) is 24.3 Å². The van der Waals surface area contributed by atoms with E-state index in [0.717, 1.165) is 11.3 Å². The fourth-order valence-corrected chi connectivity index (χ4v) is 1.89. The number of hydrogen-bond donors (Lipinski definition) is 2. The van der Waals surface area contributed by atoms with E-state index in [9.17, 15) is 4.79 Å². The summed E-state index contributed by atoms with van der Waals surface area (Å²) in [5.41, 5.74) is 8.00. The third-order valence-corrected chi connectivity index (χ3v) is 2.77. The minimum Gasteiger partial charge on any atom is -0.469 e. The lowest BCUT2D eigenvalue weighted by Crippen LogP contribution is -2.38. The van der Waals surface area contributed by atoms with Crippen molar-refractivity contribution in [3.05, 3.63) is 29.8 Å². The van der Waals surface area contributed by atoms with Gasteiger partial charge >= 0.3 is 5.97 Å². The molecule has 80 valence electrons. The van der Waals surface area contributed by atoms with Crippen molar-refractivity contribution in [2.24, 2.45) is 11.7 Å². The Morgan fingerprint density at radius 2 is 2.27 bits per heavy atom. The molecule has 0 spiro atoms. The highest BCUT2D eigenvalue weighted by atomic mass is 16.5. The van der Waals surface area contributed by atoms with Crippen LogP contribution in [0.2, 0.25) is 0 Å². The van der Waals surface area contributed by atoms with E-state index in [1.165, 1.54) is 7.11 Å².